The lowest BCUT2D eigenvalue weighted by atomic mass is 10.3. The van der Waals surface area contributed by atoms with Gasteiger partial charge in [-0.1, -0.05) is 12.1 Å². The van der Waals surface area contributed by atoms with E-state index in [1.165, 1.54) is 12.3 Å². The standard InChI is InChI=1S/C12H8BrNO3/c13-9-3-1-2-4-11(9)17-8-5-6-14-10(7-8)12(15)16/h1-7H,(H,15,16). The molecule has 0 aliphatic heterocycles. The van der Waals surface area contributed by atoms with Crippen LogP contribution in [0.3, 0.4) is 0 Å². The first-order chi connectivity index (χ1) is 8.16. The number of para-hydroxylation sites is 1. The van der Waals surface area contributed by atoms with E-state index in [-0.39, 0.29) is 5.69 Å². The monoisotopic (exact) mass is 293 g/mol. The molecule has 0 saturated carbocycles. The number of pyridine rings is 1. The van der Waals surface area contributed by atoms with Gasteiger partial charge in [0.1, 0.15) is 11.5 Å². The highest BCUT2D eigenvalue weighted by atomic mass is 79.9. The zero-order valence-electron chi connectivity index (χ0n) is 8.63. The number of aromatic carboxylic acids is 1. The average Bonchev–Trinajstić information content (AvgIpc) is 2.32. The van der Waals surface area contributed by atoms with Crippen molar-refractivity contribution in [3.8, 4) is 11.5 Å². The number of nitrogens with zero attached hydrogens (tertiary/aromatic N) is 1. The van der Waals surface area contributed by atoms with Crippen LogP contribution in [-0.2, 0) is 0 Å². The molecule has 86 valence electrons. The molecule has 0 amide bonds. The number of aromatic nitrogens is 1. The summed E-state index contributed by atoms with van der Waals surface area (Å²) in [6.07, 6.45) is 1.40. The van der Waals surface area contributed by atoms with Crippen molar-refractivity contribution in [3.63, 3.8) is 0 Å². The van der Waals surface area contributed by atoms with Crippen molar-refractivity contribution in [3.05, 3.63) is 52.8 Å². The third kappa shape index (κ3) is 2.82. The van der Waals surface area contributed by atoms with E-state index in [4.69, 9.17) is 9.84 Å². The number of carboxylic acids is 1. The van der Waals surface area contributed by atoms with Crippen LogP contribution >= 0.6 is 15.9 Å². The molecule has 0 fully saturated rings. The minimum Gasteiger partial charge on any atom is -0.477 e. The second kappa shape index (κ2) is 4.97. The Hall–Kier alpha value is -1.88. The molecule has 0 aliphatic rings. The summed E-state index contributed by atoms with van der Waals surface area (Å²) in [7, 11) is 0. The molecule has 0 spiro atoms. The maximum absolute atomic E-state index is 10.7. The first-order valence-electron chi connectivity index (χ1n) is 4.78. The maximum Gasteiger partial charge on any atom is 0.354 e. The molecule has 0 saturated heterocycles. The first kappa shape index (κ1) is 11.6. The molecular weight excluding hydrogens is 286 g/mol. The maximum atomic E-state index is 10.7. The van der Waals surface area contributed by atoms with E-state index in [2.05, 4.69) is 20.9 Å². The van der Waals surface area contributed by atoms with Crippen LogP contribution in [0.25, 0.3) is 0 Å². The second-order valence-electron chi connectivity index (χ2n) is 3.21. The Kier molecular flexibility index (Phi) is 3.39. The molecule has 0 unspecified atom stereocenters. The van der Waals surface area contributed by atoms with Crippen LogP contribution in [0.4, 0.5) is 0 Å². The van der Waals surface area contributed by atoms with Crippen molar-refractivity contribution < 1.29 is 14.6 Å². The van der Waals surface area contributed by atoms with E-state index >= 15 is 0 Å². The molecule has 0 atom stereocenters. The molecule has 2 aromatic rings. The smallest absolute Gasteiger partial charge is 0.354 e. The second-order valence-corrected chi connectivity index (χ2v) is 4.07. The Bertz CT molecular complexity index is 557. The lowest BCUT2D eigenvalue weighted by Gasteiger charge is -2.07. The Balaban J connectivity index is 2.28. The summed E-state index contributed by atoms with van der Waals surface area (Å²) < 4.78 is 6.35. The van der Waals surface area contributed by atoms with Crippen molar-refractivity contribution in [2.75, 3.05) is 0 Å². The summed E-state index contributed by atoms with van der Waals surface area (Å²) in [5.41, 5.74) is -0.0467. The lowest BCUT2D eigenvalue weighted by Crippen LogP contribution is -1.99. The van der Waals surface area contributed by atoms with Gasteiger partial charge in [-0.15, -0.1) is 0 Å². The highest BCUT2D eigenvalue weighted by Gasteiger charge is 2.07. The number of rotatable bonds is 3. The van der Waals surface area contributed by atoms with E-state index in [1.807, 2.05) is 18.2 Å². The SMILES string of the molecule is O=C(O)c1cc(Oc2ccccc2Br)ccn1. The van der Waals surface area contributed by atoms with Gasteiger partial charge in [0.05, 0.1) is 4.47 Å². The number of halogens is 1. The van der Waals surface area contributed by atoms with Crippen LogP contribution in [0.1, 0.15) is 10.5 Å². The van der Waals surface area contributed by atoms with Gasteiger partial charge in [-0.3, -0.25) is 0 Å². The van der Waals surface area contributed by atoms with Gasteiger partial charge in [0, 0.05) is 12.3 Å². The molecule has 4 nitrogen and oxygen atoms in total. The molecule has 1 aromatic heterocycles. The fourth-order valence-corrected chi connectivity index (χ4v) is 1.61. The van der Waals surface area contributed by atoms with E-state index in [0.717, 1.165) is 4.47 Å². The van der Waals surface area contributed by atoms with Crippen molar-refractivity contribution in [1.29, 1.82) is 0 Å². The molecule has 5 heteroatoms. The fourth-order valence-electron chi connectivity index (χ4n) is 1.25. The summed E-state index contributed by atoms with van der Waals surface area (Å²) in [5.74, 6) is -0.0260. The largest absolute Gasteiger partial charge is 0.477 e. The quantitative estimate of drug-likeness (QED) is 0.943. The molecule has 1 heterocycles. The van der Waals surface area contributed by atoms with Crippen molar-refractivity contribution >= 4 is 21.9 Å². The number of hydrogen-bond acceptors (Lipinski definition) is 3. The molecule has 0 aliphatic carbocycles. The number of ether oxygens (including phenoxy) is 1. The highest BCUT2D eigenvalue weighted by Crippen LogP contribution is 2.29. The van der Waals surface area contributed by atoms with Gasteiger partial charge >= 0.3 is 5.97 Å². The molecule has 1 aromatic carbocycles. The predicted molar refractivity (Wildman–Crippen MR) is 65.4 cm³/mol. The third-order valence-electron chi connectivity index (χ3n) is 2.01. The number of carboxylic acid groups (broad SMARTS) is 1. The van der Waals surface area contributed by atoms with Gasteiger partial charge in [-0.25, -0.2) is 9.78 Å². The zero-order valence-corrected chi connectivity index (χ0v) is 10.2. The van der Waals surface area contributed by atoms with Gasteiger partial charge in [0.25, 0.3) is 0 Å². The normalized spacial score (nSPS) is 9.94. The van der Waals surface area contributed by atoms with Gasteiger partial charge in [0.15, 0.2) is 5.69 Å². The summed E-state index contributed by atoms with van der Waals surface area (Å²) in [4.78, 5) is 14.5. The Morgan fingerprint density at radius 2 is 2.06 bits per heavy atom. The van der Waals surface area contributed by atoms with Gasteiger partial charge < -0.3 is 9.84 Å². The topological polar surface area (TPSA) is 59.4 Å². The first-order valence-corrected chi connectivity index (χ1v) is 5.58. The van der Waals surface area contributed by atoms with Crippen LogP contribution in [0.15, 0.2) is 47.1 Å². The summed E-state index contributed by atoms with van der Waals surface area (Å²) >= 11 is 3.34. The van der Waals surface area contributed by atoms with Gasteiger partial charge in [-0.05, 0) is 34.1 Å². The van der Waals surface area contributed by atoms with E-state index in [0.29, 0.717) is 11.5 Å². The third-order valence-corrected chi connectivity index (χ3v) is 2.67. The van der Waals surface area contributed by atoms with Crippen molar-refractivity contribution in [1.82, 2.24) is 4.98 Å². The molecule has 2 rings (SSSR count). The van der Waals surface area contributed by atoms with Crippen molar-refractivity contribution in [2.45, 2.75) is 0 Å². The lowest BCUT2D eigenvalue weighted by molar-refractivity contribution is 0.0690. The van der Waals surface area contributed by atoms with Gasteiger partial charge in [0.2, 0.25) is 0 Å². The summed E-state index contributed by atoms with van der Waals surface area (Å²) in [6.45, 7) is 0. The van der Waals surface area contributed by atoms with Crippen LogP contribution < -0.4 is 4.74 Å². The highest BCUT2D eigenvalue weighted by molar-refractivity contribution is 9.10. The minimum atomic E-state index is -1.08. The van der Waals surface area contributed by atoms with E-state index < -0.39 is 5.97 Å². The molecule has 17 heavy (non-hydrogen) atoms. The molecular formula is C12H8BrNO3. The number of hydrogen-bond donors (Lipinski definition) is 1. The fraction of sp³-hybridized carbons (Fsp3) is 0. The summed E-state index contributed by atoms with van der Waals surface area (Å²) in [6, 6.07) is 10.3. The van der Waals surface area contributed by atoms with Crippen molar-refractivity contribution in [2.24, 2.45) is 0 Å². The molecule has 0 bridgehead atoms. The Morgan fingerprint density at radius 3 is 2.76 bits per heavy atom. The molecule has 0 radical (unpaired) electrons. The van der Waals surface area contributed by atoms with E-state index in [1.54, 1.807) is 12.1 Å². The predicted octanol–water partition coefficient (Wildman–Crippen LogP) is 3.33. The summed E-state index contributed by atoms with van der Waals surface area (Å²) in [5, 5.41) is 8.80. The van der Waals surface area contributed by atoms with Crippen LogP contribution in [0, 0.1) is 0 Å². The zero-order chi connectivity index (χ0) is 12.3. The van der Waals surface area contributed by atoms with E-state index in [9.17, 15) is 4.79 Å². The Morgan fingerprint density at radius 1 is 1.29 bits per heavy atom. The number of benzene rings is 1. The minimum absolute atomic E-state index is 0.0467. The Labute approximate surface area is 106 Å². The number of carbonyl (C=O) groups is 1. The molecule has 1 N–H and O–H groups in total. The van der Waals surface area contributed by atoms with Crippen LogP contribution in [0.2, 0.25) is 0 Å². The van der Waals surface area contributed by atoms with Crippen LogP contribution in [0.5, 0.6) is 11.5 Å². The average molecular weight is 294 g/mol. The van der Waals surface area contributed by atoms with Gasteiger partial charge in [-0.2, -0.15) is 0 Å². The van der Waals surface area contributed by atoms with Crippen LogP contribution in [-0.4, -0.2) is 16.1 Å².